The molecule has 0 spiro atoms. The molecule has 3 aromatic carbocycles. The second-order valence-corrected chi connectivity index (χ2v) is 7.83. The summed E-state index contributed by atoms with van der Waals surface area (Å²) in [5.41, 5.74) is 0.324. The lowest BCUT2D eigenvalue weighted by Gasteiger charge is -2.17. The van der Waals surface area contributed by atoms with Crippen molar-refractivity contribution in [3.63, 3.8) is 0 Å². The molecule has 0 saturated heterocycles. The molecule has 164 valence electrons. The lowest BCUT2D eigenvalue weighted by atomic mass is 9.91. The number of nitriles is 1. The highest BCUT2D eigenvalue weighted by Gasteiger charge is 2.32. The Morgan fingerprint density at radius 2 is 1.75 bits per heavy atom. The number of benzene rings is 3. The van der Waals surface area contributed by atoms with Crippen LogP contribution in [0.3, 0.4) is 0 Å². The summed E-state index contributed by atoms with van der Waals surface area (Å²) in [4.78, 5) is 12.6. The molecule has 2 N–H and O–H groups in total. The van der Waals surface area contributed by atoms with Gasteiger partial charge in [-0.3, -0.25) is 4.79 Å². The van der Waals surface area contributed by atoms with Gasteiger partial charge in [-0.1, -0.05) is 41.4 Å². The van der Waals surface area contributed by atoms with Gasteiger partial charge in [-0.25, -0.2) is 0 Å². The first-order valence-corrected chi connectivity index (χ1v) is 9.93. The van der Waals surface area contributed by atoms with Gasteiger partial charge in [-0.05, 0) is 60.0 Å². The van der Waals surface area contributed by atoms with Gasteiger partial charge < -0.3 is 10.4 Å². The number of hydrogen-bond donors (Lipinski definition) is 2. The summed E-state index contributed by atoms with van der Waals surface area (Å²) in [7, 11) is 0. The summed E-state index contributed by atoms with van der Waals surface area (Å²) in [6, 6.07) is 14.0. The largest absolute Gasteiger partial charge is 0.507 e. The number of hydrogen-bond acceptors (Lipinski definition) is 3. The first-order chi connectivity index (χ1) is 15.0. The fourth-order valence-electron chi connectivity index (χ4n) is 3.12. The number of carbonyl (C=O) groups excluding carboxylic acids is 1. The number of aromatic hydroxyl groups is 1. The Morgan fingerprint density at radius 3 is 2.34 bits per heavy atom. The number of halogens is 5. The van der Waals surface area contributed by atoms with Crippen LogP contribution in [0.25, 0.3) is 0 Å². The normalized spacial score (nSPS) is 12.2. The van der Waals surface area contributed by atoms with Crippen molar-refractivity contribution in [2.45, 2.75) is 19.0 Å². The van der Waals surface area contributed by atoms with Gasteiger partial charge in [0.25, 0.3) is 5.91 Å². The fraction of sp³-hybridized carbons (Fsp3) is 0.130. The number of phenolic OH excluding ortho intramolecular Hbond substituents is 1. The summed E-state index contributed by atoms with van der Waals surface area (Å²) in [6.45, 7) is 1.65. The molecule has 1 unspecified atom stereocenters. The van der Waals surface area contributed by atoms with E-state index in [4.69, 9.17) is 23.2 Å². The highest BCUT2D eigenvalue weighted by atomic mass is 35.5. The molecule has 0 aromatic heterocycles. The first kappa shape index (κ1) is 23.5. The van der Waals surface area contributed by atoms with E-state index in [1.165, 1.54) is 6.07 Å². The first-order valence-electron chi connectivity index (χ1n) is 9.18. The van der Waals surface area contributed by atoms with Crippen molar-refractivity contribution in [1.29, 1.82) is 5.26 Å². The molecule has 0 radical (unpaired) electrons. The van der Waals surface area contributed by atoms with Crippen LogP contribution in [-0.2, 0) is 6.18 Å². The Hall–Kier alpha value is -3.21. The monoisotopic (exact) mass is 478 g/mol. The molecule has 0 heterocycles. The van der Waals surface area contributed by atoms with Gasteiger partial charge in [-0.15, -0.1) is 0 Å². The second kappa shape index (κ2) is 9.11. The SMILES string of the molecule is Cc1cc(C(C#N)c2ccc(Cl)cc2)c(Cl)cc1NC(=O)c1cc(C(F)(F)F)ccc1O. The van der Waals surface area contributed by atoms with Crippen molar-refractivity contribution in [2.75, 3.05) is 5.32 Å². The molecule has 32 heavy (non-hydrogen) atoms. The van der Waals surface area contributed by atoms with Crippen LogP contribution in [0.2, 0.25) is 10.0 Å². The molecular weight excluding hydrogens is 464 g/mol. The molecule has 4 nitrogen and oxygen atoms in total. The minimum atomic E-state index is -4.67. The predicted molar refractivity (Wildman–Crippen MR) is 116 cm³/mol. The van der Waals surface area contributed by atoms with Crippen LogP contribution in [0.1, 0.15) is 38.5 Å². The topological polar surface area (TPSA) is 73.1 Å². The zero-order chi connectivity index (χ0) is 23.6. The Morgan fingerprint density at radius 1 is 1.09 bits per heavy atom. The summed E-state index contributed by atoms with van der Waals surface area (Å²) >= 11 is 12.3. The minimum Gasteiger partial charge on any atom is -0.507 e. The third-order valence-electron chi connectivity index (χ3n) is 4.80. The van der Waals surface area contributed by atoms with E-state index in [1.54, 1.807) is 37.3 Å². The fourth-order valence-corrected chi connectivity index (χ4v) is 3.52. The maximum atomic E-state index is 13.0. The van der Waals surface area contributed by atoms with E-state index in [1.807, 2.05) is 0 Å². The van der Waals surface area contributed by atoms with Crippen LogP contribution in [0.4, 0.5) is 18.9 Å². The van der Waals surface area contributed by atoms with Crippen LogP contribution in [0, 0.1) is 18.3 Å². The number of carbonyl (C=O) groups is 1. The molecule has 0 aliphatic carbocycles. The second-order valence-electron chi connectivity index (χ2n) is 6.99. The Kier molecular flexibility index (Phi) is 6.68. The van der Waals surface area contributed by atoms with Crippen molar-refractivity contribution in [3.05, 3.63) is 92.5 Å². The average Bonchev–Trinajstić information content (AvgIpc) is 2.72. The summed E-state index contributed by atoms with van der Waals surface area (Å²) in [6.07, 6.45) is -4.67. The maximum Gasteiger partial charge on any atom is 0.416 e. The van der Waals surface area contributed by atoms with Crippen molar-refractivity contribution >= 4 is 34.8 Å². The number of nitrogens with zero attached hydrogens (tertiary/aromatic N) is 1. The number of phenols is 1. The molecule has 1 amide bonds. The van der Waals surface area contributed by atoms with Crippen LogP contribution in [-0.4, -0.2) is 11.0 Å². The van der Waals surface area contributed by atoms with Gasteiger partial charge in [0.05, 0.1) is 23.1 Å². The molecule has 3 aromatic rings. The standard InChI is InChI=1S/C23H15Cl2F3N2O2/c1-12-8-16(18(11-29)13-2-5-15(24)6-3-13)19(25)10-20(12)30-22(32)17-9-14(23(26,27)28)4-7-21(17)31/h2-10,18,31H,1H3,(H,30,32). The number of aryl methyl sites for hydroxylation is 1. The number of amides is 1. The van der Waals surface area contributed by atoms with E-state index >= 15 is 0 Å². The van der Waals surface area contributed by atoms with E-state index in [0.717, 1.165) is 6.07 Å². The van der Waals surface area contributed by atoms with Gasteiger partial charge in [0.15, 0.2) is 0 Å². The van der Waals surface area contributed by atoms with Crippen LogP contribution in [0.15, 0.2) is 54.6 Å². The lowest BCUT2D eigenvalue weighted by Crippen LogP contribution is -2.15. The molecule has 0 aliphatic heterocycles. The highest BCUT2D eigenvalue weighted by molar-refractivity contribution is 6.32. The molecule has 0 aliphatic rings. The number of anilines is 1. The smallest absolute Gasteiger partial charge is 0.416 e. The van der Waals surface area contributed by atoms with Crippen LogP contribution < -0.4 is 5.32 Å². The zero-order valence-electron chi connectivity index (χ0n) is 16.5. The molecule has 1 atom stereocenters. The van der Waals surface area contributed by atoms with Crippen LogP contribution in [0.5, 0.6) is 5.75 Å². The Balaban J connectivity index is 1.93. The zero-order valence-corrected chi connectivity index (χ0v) is 18.0. The Bertz CT molecular complexity index is 1220. The average molecular weight is 479 g/mol. The van der Waals surface area contributed by atoms with E-state index in [0.29, 0.717) is 33.8 Å². The predicted octanol–water partition coefficient (Wildman–Crippen LogP) is 6.93. The molecule has 0 fully saturated rings. The van der Waals surface area contributed by atoms with Crippen molar-refractivity contribution < 1.29 is 23.1 Å². The Labute approximate surface area is 191 Å². The van der Waals surface area contributed by atoms with E-state index in [2.05, 4.69) is 11.4 Å². The van der Waals surface area contributed by atoms with Crippen molar-refractivity contribution in [3.8, 4) is 11.8 Å². The quantitative estimate of drug-likeness (QED) is 0.426. The van der Waals surface area contributed by atoms with Gasteiger partial charge in [0.1, 0.15) is 5.75 Å². The molecule has 3 rings (SSSR count). The van der Waals surface area contributed by atoms with Crippen LogP contribution >= 0.6 is 23.2 Å². The van der Waals surface area contributed by atoms with Gasteiger partial charge in [0, 0.05) is 15.7 Å². The van der Waals surface area contributed by atoms with E-state index in [9.17, 15) is 28.3 Å². The van der Waals surface area contributed by atoms with Crippen molar-refractivity contribution in [1.82, 2.24) is 0 Å². The van der Waals surface area contributed by atoms with Gasteiger partial charge in [-0.2, -0.15) is 18.4 Å². The van der Waals surface area contributed by atoms with E-state index in [-0.39, 0.29) is 10.7 Å². The summed E-state index contributed by atoms with van der Waals surface area (Å²) < 4.78 is 38.9. The summed E-state index contributed by atoms with van der Waals surface area (Å²) in [5.74, 6) is -2.23. The minimum absolute atomic E-state index is 0.181. The molecule has 0 saturated carbocycles. The third kappa shape index (κ3) is 4.98. The molecular formula is C23H15Cl2F3N2O2. The third-order valence-corrected chi connectivity index (χ3v) is 5.38. The van der Waals surface area contributed by atoms with Crippen molar-refractivity contribution in [2.24, 2.45) is 0 Å². The van der Waals surface area contributed by atoms with Gasteiger partial charge in [0.2, 0.25) is 0 Å². The lowest BCUT2D eigenvalue weighted by molar-refractivity contribution is -0.137. The van der Waals surface area contributed by atoms with Gasteiger partial charge >= 0.3 is 6.18 Å². The molecule has 0 bridgehead atoms. The van der Waals surface area contributed by atoms with E-state index < -0.39 is 34.9 Å². The summed E-state index contributed by atoms with van der Waals surface area (Å²) in [5, 5.41) is 22.7. The number of rotatable bonds is 4. The highest BCUT2D eigenvalue weighted by Crippen LogP contribution is 2.36. The number of alkyl halides is 3. The maximum absolute atomic E-state index is 13.0. The molecule has 9 heteroatoms. The number of nitrogens with one attached hydrogen (secondary N) is 1.